The molecule has 130 valence electrons. The number of halogens is 1. The predicted molar refractivity (Wildman–Crippen MR) is 99.6 cm³/mol. The molecule has 0 bridgehead atoms. The highest BCUT2D eigenvalue weighted by Crippen LogP contribution is 2.17. The van der Waals surface area contributed by atoms with Crippen LogP contribution in [0.1, 0.15) is 5.56 Å². The van der Waals surface area contributed by atoms with Crippen molar-refractivity contribution in [2.45, 2.75) is 13.5 Å². The third-order valence-corrected chi connectivity index (χ3v) is 4.34. The molecule has 26 heavy (non-hydrogen) atoms. The molecule has 7 nitrogen and oxygen atoms in total. The van der Waals surface area contributed by atoms with Gasteiger partial charge in [0.15, 0.2) is 5.65 Å². The van der Waals surface area contributed by atoms with E-state index < -0.39 is 0 Å². The first-order valence-electron chi connectivity index (χ1n) is 7.92. The second-order valence-electron chi connectivity index (χ2n) is 5.97. The van der Waals surface area contributed by atoms with Gasteiger partial charge in [-0.3, -0.25) is 14.2 Å². The Balaban J connectivity index is 1.76. The summed E-state index contributed by atoms with van der Waals surface area (Å²) in [6, 6.07) is 12.4. The van der Waals surface area contributed by atoms with Crippen LogP contribution in [0.2, 0.25) is 5.02 Å². The number of carbonyl (C=O) groups excluding carboxylic acids is 1. The number of fused-ring (bicyclic) bond motifs is 3. The first-order chi connectivity index (χ1) is 12.5. The van der Waals surface area contributed by atoms with Crippen LogP contribution in [0.15, 0.2) is 53.5 Å². The Bertz CT molecular complexity index is 1190. The summed E-state index contributed by atoms with van der Waals surface area (Å²) in [5, 5.41) is 11.5. The molecule has 2 aromatic heterocycles. The molecule has 1 N–H and O–H groups in total. The highest BCUT2D eigenvalue weighted by atomic mass is 35.5. The summed E-state index contributed by atoms with van der Waals surface area (Å²) in [7, 11) is 0. The molecule has 2 aromatic carbocycles. The molecule has 0 saturated heterocycles. The normalized spacial score (nSPS) is 11.2. The molecule has 0 saturated carbocycles. The van der Waals surface area contributed by atoms with Gasteiger partial charge >= 0.3 is 0 Å². The Morgan fingerprint density at radius 1 is 1.19 bits per heavy atom. The highest BCUT2D eigenvalue weighted by Gasteiger charge is 2.15. The number of benzene rings is 2. The van der Waals surface area contributed by atoms with Gasteiger partial charge in [0, 0.05) is 10.7 Å². The van der Waals surface area contributed by atoms with E-state index in [1.807, 2.05) is 31.2 Å². The molecule has 8 heteroatoms. The van der Waals surface area contributed by atoms with Gasteiger partial charge in [-0.25, -0.2) is 0 Å². The van der Waals surface area contributed by atoms with Crippen molar-refractivity contribution in [3.05, 3.63) is 69.6 Å². The fraction of sp³-hybridized carbons (Fsp3) is 0.111. The van der Waals surface area contributed by atoms with Gasteiger partial charge in [0.25, 0.3) is 5.56 Å². The van der Waals surface area contributed by atoms with Gasteiger partial charge < -0.3 is 5.32 Å². The maximum atomic E-state index is 12.9. The Hall–Kier alpha value is -3.19. The van der Waals surface area contributed by atoms with E-state index in [1.54, 1.807) is 18.2 Å². The first-order valence-corrected chi connectivity index (χ1v) is 8.30. The molecule has 0 aliphatic rings. The van der Waals surface area contributed by atoms with Crippen LogP contribution in [-0.2, 0) is 11.3 Å². The molecule has 4 rings (SSSR count). The number of nitrogens with one attached hydrogen (secondary N) is 1. The second kappa shape index (κ2) is 6.27. The number of aryl methyl sites for hydroxylation is 1. The topological polar surface area (TPSA) is 81.3 Å². The smallest absolute Gasteiger partial charge is 0.262 e. The first kappa shape index (κ1) is 16.3. The van der Waals surface area contributed by atoms with Gasteiger partial charge in [0.05, 0.1) is 17.1 Å². The van der Waals surface area contributed by atoms with E-state index in [2.05, 4.69) is 15.6 Å². The number of hydrogen-bond donors (Lipinski definition) is 1. The molecule has 2 heterocycles. The zero-order valence-electron chi connectivity index (χ0n) is 13.8. The molecule has 0 atom stereocenters. The number of hydrogen-bond acceptors (Lipinski definition) is 4. The minimum absolute atomic E-state index is 0.161. The lowest BCUT2D eigenvalue weighted by Crippen LogP contribution is -2.29. The van der Waals surface area contributed by atoms with Crippen LogP contribution in [-0.4, -0.2) is 25.3 Å². The number of nitrogens with zero attached hydrogens (tertiary/aromatic N) is 4. The lowest BCUT2D eigenvalue weighted by molar-refractivity contribution is -0.116. The molecule has 0 aliphatic carbocycles. The van der Waals surface area contributed by atoms with Crippen molar-refractivity contribution >= 4 is 39.7 Å². The largest absolute Gasteiger partial charge is 0.325 e. The quantitative estimate of drug-likeness (QED) is 0.603. The summed E-state index contributed by atoms with van der Waals surface area (Å²) in [5.41, 5.74) is 2.46. The average molecular weight is 368 g/mol. The lowest BCUT2D eigenvalue weighted by atomic mass is 10.2. The number of rotatable bonds is 3. The SMILES string of the molecule is Cc1ccc(NC(=O)Cn2c(=O)c3cc(Cl)ccc3n3nncc23)cc1. The van der Waals surface area contributed by atoms with Crippen LogP contribution in [0.25, 0.3) is 16.6 Å². The van der Waals surface area contributed by atoms with Crippen molar-refractivity contribution in [2.75, 3.05) is 5.32 Å². The van der Waals surface area contributed by atoms with E-state index in [1.165, 1.54) is 15.3 Å². The second-order valence-corrected chi connectivity index (χ2v) is 6.41. The molecule has 0 fully saturated rings. The molecule has 0 aliphatic heterocycles. The Morgan fingerprint density at radius 2 is 1.96 bits per heavy atom. The minimum Gasteiger partial charge on any atom is -0.325 e. The molecule has 1 amide bonds. The van der Waals surface area contributed by atoms with E-state index in [-0.39, 0.29) is 18.0 Å². The zero-order valence-corrected chi connectivity index (χ0v) is 14.6. The van der Waals surface area contributed by atoms with Gasteiger partial charge in [-0.1, -0.05) is 34.5 Å². The number of amides is 1. The van der Waals surface area contributed by atoms with E-state index >= 15 is 0 Å². The molecular formula is C18H14ClN5O2. The Morgan fingerprint density at radius 3 is 2.73 bits per heavy atom. The van der Waals surface area contributed by atoms with Crippen LogP contribution in [0.3, 0.4) is 0 Å². The van der Waals surface area contributed by atoms with Crippen molar-refractivity contribution < 1.29 is 4.79 Å². The Labute approximate surface area is 152 Å². The van der Waals surface area contributed by atoms with E-state index in [0.717, 1.165) is 5.56 Å². The maximum absolute atomic E-state index is 12.9. The van der Waals surface area contributed by atoms with Crippen LogP contribution < -0.4 is 10.9 Å². The fourth-order valence-electron chi connectivity index (χ4n) is 2.83. The van der Waals surface area contributed by atoms with E-state index in [9.17, 15) is 9.59 Å². The molecular weight excluding hydrogens is 354 g/mol. The van der Waals surface area contributed by atoms with Crippen molar-refractivity contribution in [1.82, 2.24) is 19.4 Å². The average Bonchev–Trinajstić information content (AvgIpc) is 3.10. The maximum Gasteiger partial charge on any atom is 0.262 e. The monoisotopic (exact) mass is 367 g/mol. The van der Waals surface area contributed by atoms with Crippen molar-refractivity contribution in [2.24, 2.45) is 0 Å². The minimum atomic E-state index is -0.323. The predicted octanol–water partition coefficient (Wildman–Crippen LogP) is 2.64. The number of aromatic nitrogens is 4. The molecule has 0 spiro atoms. The van der Waals surface area contributed by atoms with Crippen LogP contribution in [0.4, 0.5) is 5.69 Å². The van der Waals surface area contributed by atoms with Gasteiger partial charge in [0.1, 0.15) is 6.54 Å². The third-order valence-electron chi connectivity index (χ3n) is 4.11. The third kappa shape index (κ3) is 2.82. The number of carbonyl (C=O) groups is 1. The molecule has 4 aromatic rings. The fourth-order valence-corrected chi connectivity index (χ4v) is 3.00. The van der Waals surface area contributed by atoms with Crippen molar-refractivity contribution in [1.29, 1.82) is 0 Å². The van der Waals surface area contributed by atoms with E-state index in [0.29, 0.717) is 27.3 Å². The zero-order chi connectivity index (χ0) is 18.3. The summed E-state index contributed by atoms with van der Waals surface area (Å²) < 4.78 is 2.86. The van der Waals surface area contributed by atoms with E-state index in [4.69, 9.17) is 11.6 Å². The summed E-state index contributed by atoms with van der Waals surface area (Å²) in [5.74, 6) is -0.319. The lowest BCUT2D eigenvalue weighted by Gasteiger charge is -2.11. The summed E-state index contributed by atoms with van der Waals surface area (Å²) >= 11 is 6.02. The summed E-state index contributed by atoms with van der Waals surface area (Å²) in [4.78, 5) is 25.3. The summed E-state index contributed by atoms with van der Waals surface area (Å²) in [6.07, 6.45) is 1.45. The van der Waals surface area contributed by atoms with Crippen LogP contribution in [0, 0.1) is 6.92 Å². The van der Waals surface area contributed by atoms with Gasteiger partial charge in [-0.15, -0.1) is 5.10 Å². The molecule has 0 radical (unpaired) electrons. The van der Waals surface area contributed by atoms with Crippen LogP contribution in [0.5, 0.6) is 0 Å². The van der Waals surface area contributed by atoms with Crippen LogP contribution >= 0.6 is 11.6 Å². The van der Waals surface area contributed by atoms with Gasteiger partial charge in [-0.2, -0.15) is 4.52 Å². The summed E-state index contributed by atoms with van der Waals surface area (Å²) in [6.45, 7) is 1.81. The highest BCUT2D eigenvalue weighted by molar-refractivity contribution is 6.31. The Kier molecular flexibility index (Phi) is 3.93. The van der Waals surface area contributed by atoms with Gasteiger partial charge in [0.2, 0.25) is 5.91 Å². The number of anilines is 1. The van der Waals surface area contributed by atoms with Gasteiger partial charge in [-0.05, 0) is 37.3 Å². The van der Waals surface area contributed by atoms with Crippen molar-refractivity contribution in [3.8, 4) is 0 Å². The van der Waals surface area contributed by atoms with Crippen molar-refractivity contribution in [3.63, 3.8) is 0 Å². The standard InChI is InChI=1S/C18H14ClN5O2/c1-11-2-5-13(6-3-11)21-16(25)10-23-17-9-20-22-24(17)15-7-4-12(19)8-14(15)18(23)26/h2-9H,10H2,1H3,(H,21,25). The molecule has 0 unspecified atom stereocenters.